The Kier molecular flexibility index (Phi) is 7.46. The van der Waals surface area contributed by atoms with Crippen molar-refractivity contribution in [3.8, 4) is 11.5 Å². The van der Waals surface area contributed by atoms with Crippen molar-refractivity contribution in [3.05, 3.63) is 54.1 Å². The Labute approximate surface area is 165 Å². The molecule has 0 bridgehead atoms. The predicted molar refractivity (Wildman–Crippen MR) is 98.8 cm³/mol. The van der Waals surface area contributed by atoms with Crippen LogP contribution < -0.4 is 14.8 Å². The summed E-state index contributed by atoms with van der Waals surface area (Å²) in [6.45, 7) is 4.03. The van der Waals surface area contributed by atoms with Crippen LogP contribution in [0.2, 0.25) is 0 Å². The van der Waals surface area contributed by atoms with Gasteiger partial charge in [-0.25, -0.2) is 4.79 Å². The normalized spacial score (nSPS) is 11.1. The van der Waals surface area contributed by atoms with Crippen LogP contribution in [0.5, 0.6) is 11.5 Å². The van der Waals surface area contributed by atoms with E-state index in [1.54, 1.807) is 12.1 Å². The molecule has 0 saturated carbocycles. The third kappa shape index (κ3) is 8.12. The van der Waals surface area contributed by atoms with E-state index in [-0.39, 0.29) is 11.3 Å². The van der Waals surface area contributed by atoms with Crippen molar-refractivity contribution in [3.63, 3.8) is 0 Å². The maximum absolute atomic E-state index is 12.1. The molecule has 0 aliphatic rings. The molecule has 6 nitrogen and oxygen atoms in total. The second-order valence-corrected chi connectivity index (χ2v) is 6.43. The lowest BCUT2D eigenvalue weighted by molar-refractivity contribution is -0.274. The number of rotatable bonds is 8. The van der Waals surface area contributed by atoms with E-state index in [0.717, 1.165) is 12.1 Å². The second-order valence-electron chi connectivity index (χ2n) is 6.43. The maximum atomic E-state index is 12.1. The quantitative estimate of drug-likeness (QED) is 0.651. The summed E-state index contributed by atoms with van der Waals surface area (Å²) in [6.07, 6.45) is -4.79. The first kappa shape index (κ1) is 22.1. The molecular formula is C20H20F3NO5. The maximum Gasteiger partial charge on any atom is 0.573 e. The van der Waals surface area contributed by atoms with Crippen LogP contribution in [0, 0.1) is 5.92 Å². The monoisotopic (exact) mass is 411 g/mol. The predicted octanol–water partition coefficient (Wildman–Crippen LogP) is 4.42. The molecule has 0 aliphatic heterocycles. The number of carbonyl (C=O) groups excluding carboxylic acids is 2. The van der Waals surface area contributed by atoms with Crippen molar-refractivity contribution in [2.24, 2.45) is 5.92 Å². The fourth-order valence-corrected chi connectivity index (χ4v) is 2.10. The number of carbonyl (C=O) groups is 2. The molecule has 0 atom stereocenters. The van der Waals surface area contributed by atoms with Gasteiger partial charge in [0.2, 0.25) is 0 Å². The highest BCUT2D eigenvalue weighted by atomic mass is 19.4. The molecule has 0 aliphatic carbocycles. The number of hydrogen-bond acceptors (Lipinski definition) is 5. The van der Waals surface area contributed by atoms with Gasteiger partial charge in [0.25, 0.3) is 5.91 Å². The second kappa shape index (κ2) is 9.81. The van der Waals surface area contributed by atoms with E-state index in [1.807, 2.05) is 13.8 Å². The van der Waals surface area contributed by atoms with E-state index in [9.17, 15) is 22.8 Å². The van der Waals surface area contributed by atoms with E-state index in [4.69, 9.17) is 9.47 Å². The number of alkyl halides is 3. The molecule has 0 saturated heterocycles. The fourth-order valence-electron chi connectivity index (χ4n) is 2.10. The molecule has 1 amide bonds. The third-order valence-corrected chi connectivity index (χ3v) is 3.38. The first-order valence-electron chi connectivity index (χ1n) is 8.68. The summed E-state index contributed by atoms with van der Waals surface area (Å²) in [6, 6.07) is 10.9. The van der Waals surface area contributed by atoms with Crippen molar-refractivity contribution in [1.29, 1.82) is 0 Å². The van der Waals surface area contributed by atoms with Gasteiger partial charge in [-0.2, -0.15) is 0 Å². The molecule has 9 heteroatoms. The van der Waals surface area contributed by atoms with E-state index < -0.39 is 30.6 Å². The summed E-state index contributed by atoms with van der Waals surface area (Å²) < 4.78 is 50.5. The lowest BCUT2D eigenvalue weighted by Crippen LogP contribution is -2.21. The van der Waals surface area contributed by atoms with E-state index in [1.165, 1.54) is 24.3 Å². The smallest absolute Gasteiger partial charge is 0.493 e. The Morgan fingerprint density at radius 2 is 1.55 bits per heavy atom. The Hall–Kier alpha value is -3.23. The molecule has 2 rings (SSSR count). The summed E-state index contributed by atoms with van der Waals surface area (Å²) >= 11 is 0. The van der Waals surface area contributed by atoms with Crippen molar-refractivity contribution in [2.75, 3.05) is 18.5 Å². The van der Waals surface area contributed by atoms with Gasteiger partial charge >= 0.3 is 12.3 Å². The minimum Gasteiger partial charge on any atom is -0.493 e. The minimum atomic E-state index is -4.79. The van der Waals surface area contributed by atoms with Crippen LogP contribution in [0.4, 0.5) is 18.9 Å². The number of hydrogen-bond donors (Lipinski definition) is 1. The molecule has 0 heterocycles. The summed E-state index contributed by atoms with van der Waals surface area (Å²) in [7, 11) is 0. The zero-order valence-corrected chi connectivity index (χ0v) is 15.8. The zero-order valence-electron chi connectivity index (χ0n) is 15.8. The summed E-state index contributed by atoms with van der Waals surface area (Å²) in [5, 5.41) is 2.40. The number of halogens is 3. The summed E-state index contributed by atoms with van der Waals surface area (Å²) in [4.78, 5) is 23.8. The third-order valence-electron chi connectivity index (χ3n) is 3.38. The van der Waals surface area contributed by atoms with Crippen molar-refractivity contribution in [2.45, 2.75) is 20.2 Å². The Bertz CT molecular complexity index is 818. The van der Waals surface area contributed by atoms with Gasteiger partial charge in [-0.1, -0.05) is 13.8 Å². The van der Waals surface area contributed by atoms with Gasteiger partial charge in [0, 0.05) is 5.69 Å². The highest BCUT2D eigenvalue weighted by Crippen LogP contribution is 2.24. The van der Waals surface area contributed by atoms with Crippen LogP contribution in [0.25, 0.3) is 0 Å². The molecular weight excluding hydrogens is 391 g/mol. The first-order chi connectivity index (χ1) is 13.6. The molecule has 2 aromatic carbocycles. The van der Waals surface area contributed by atoms with Gasteiger partial charge in [0.1, 0.15) is 11.5 Å². The van der Waals surface area contributed by atoms with E-state index in [0.29, 0.717) is 18.3 Å². The standard InChI is InChI=1S/C20H20F3NO5/c1-13(2)11-27-16-7-3-14(4-8-16)19(26)28-12-18(25)24-15-5-9-17(10-6-15)29-20(21,22)23/h3-10,13H,11-12H2,1-2H3,(H,24,25). The fraction of sp³-hybridized carbons (Fsp3) is 0.300. The van der Waals surface area contributed by atoms with Gasteiger partial charge in [0.15, 0.2) is 6.61 Å². The molecule has 156 valence electrons. The van der Waals surface area contributed by atoms with Gasteiger partial charge in [0.05, 0.1) is 12.2 Å². The Balaban J connectivity index is 1.80. The molecule has 0 fully saturated rings. The molecule has 0 spiro atoms. The summed E-state index contributed by atoms with van der Waals surface area (Å²) in [5.41, 5.74) is 0.482. The summed E-state index contributed by atoms with van der Waals surface area (Å²) in [5.74, 6) is -0.760. The van der Waals surface area contributed by atoms with Gasteiger partial charge in [-0.15, -0.1) is 13.2 Å². The van der Waals surface area contributed by atoms with Crippen LogP contribution >= 0.6 is 0 Å². The van der Waals surface area contributed by atoms with Crippen LogP contribution in [0.3, 0.4) is 0 Å². The lowest BCUT2D eigenvalue weighted by Gasteiger charge is -2.10. The number of anilines is 1. The van der Waals surface area contributed by atoms with Crippen LogP contribution in [0.15, 0.2) is 48.5 Å². The average molecular weight is 411 g/mol. The number of nitrogens with one attached hydrogen (secondary N) is 1. The highest BCUT2D eigenvalue weighted by molar-refractivity contribution is 5.95. The van der Waals surface area contributed by atoms with Crippen molar-refractivity contribution < 1.29 is 37.0 Å². The molecule has 1 N–H and O–H groups in total. The van der Waals surface area contributed by atoms with E-state index in [2.05, 4.69) is 10.1 Å². The Morgan fingerprint density at radius 3 is 2.10 bits per heavy atom. The van der Waals surface area contributed by atoms with Crippen molar-refractivity contribution >= 4 is 17.6 Å². The molecule has 0 aromatic heterocycles. The van der Waals surface area contributed by atoms with Gasteiger partial charge < -0.3 is 19.5 Å². The van der Waals surface area contributed by atoms with Crippen LogP contribution in [-0.4, -0.2) is 31.5 Å². The first-order valence-corrected chi connectivity index (χ1v) is 8.68. The number of benzene rings is 2. The minimum absolute atomic E-state index is 0.229. The van der Waals surface area contributed by atoms with Crippen LogP contribution in [0.1, 0.15) is 24.2 Å². The highest BCUT2D eigenvalue weighted by Gasteiger charge is 2.30. The SMILES string of the molecule is CC(C)COc1ccc(C(=O)OCC(=O)Nc2ccc(OC(F)(F)F)cc2)cc1. The number of esters is 1. The van der Waals surface area contributed by atoms with Crippen LogP contribution in [-0.2, 0) is 9.53 Å². The zero-order chi connectivity index (χ0) is 21.4. The topological polar surface area (TPSA) is 73.9 Å². The molecule has 0 radical (unpaired) electrons. The van der Waals surface area contributed by atoms with Gasteiger partial charge in [-0.3, -0.25) is 4.79 Å². The van der Waals surface area contributed by atoms with E-state index >= 15 is 0 Å². The Morgan fingerprint density at radius 1 is 0.966 bits per heavy atom. The molecule has 2 aromatic rings. The largest absolute Gasteiger partial charge is 0.573 e. The average Bonchev–Trinajstić information content (AvgIpc) is 2.65. The molecule has 0 unspecified atom stereocenters. The van der Waals surface area contributed by atoms with Gasteiger partial charge in [-0.05, 0) is 54.4 Å². The van der Waals surface area contributed by atoms with Crippen molar-refractivity contribution in [1.82, 2.24) is 0 Å². The molecule has 29 heavy (non-hydrogen) atoms. The number of amides is 1. The number of ether oxygens (including phenoxy) is 3. The lowest BCUT2D eigenvalue weighted by atomic mass is 10.2.